The molecule has 0 aromatic heterocycles. The van der Waals surface area contributed by atoms with Crippen LogP contribution < -0.4 is 10.6 Å². The van der Waals surface area contributed by atoms with Gasteiger partial charge in [-0.25, -0.2) is 0 Å². The van der Waals surface area contributed by atoms with Crippen molar-refractivity contribution in [3.05, 3.63) is 0 Å². The van der Waals surface area contributed by atoms with Gasteiger partial charge in [0.25, 0.3) is 0 Å². The first-order valence-electron chi connectivity index (χ1n) is 5.98. The molecule has 2 rings (SSSR count). The van der Waals surface area contributed by atoms with Gasteiger partial charge in [0, 0.05) is 37.8 Å². The summed E-state index contributed by atoms with van der Waals surface area (Å²) in [5, 5.41) is 7.00. The van der Waals surface area contributed by atoms with Gasteiger partial charge in [0.2, 0.25) is 0 Å². The number of piperidine rings is 1. The maximum atomic E-state index is 3.51. The summed E-state index contributed by atoms with van der Waals surface area (Å²) in [4.78, 5) is 2.71. The molecule has 2 heterocycles. The van der Waals surface area contributed by atoms with Gasteiger partial charge in [-0.1, -0.05) is 0 Å². The SMILES string of the molecule is CC1CNCC(C)N1C1CCCNC1.Cl. The van der Waals surface area contributed by atoms with E-state index >= 15 is 0 Å². The van der Waals surface area contributed by atoms with E-state index in [1.807, 2.05) is 0 Å². The molecule has 3 nitrogen and oxygen atoms in total. The molecule has 90 valence electrons. The molecule has 2 aliphatic rings. The zero-order chi connectivity index (χ0) is 9.97. The lowest BCUT2D eigenvalue weighted by atomic mass is 10.00. The van der Waals surface area contributed by atoms with E-state index < -0.39 is 0 Å². The van der Waals surface area contributed by atoms with Crippen LogP contribution in [0.15, 0.2) is 0 Å². The minimum Gasteiger partial charge on any atom is -0.315 e. The molecule has 3 unspecified atom stereocenters. The fourth-order valence-corrected chi connectivity index (χ4v) is 2.95. The van der Waals surface area contributed by atoms with E-state index in [4.69, 9.17) is 0 Å². The van der Waals surface area contributed by atoms with Crippen LogP contribution in [0.25, 0.3) is 0 Å². The summed E-state index contributed by atoms with van der Waals surface area (Å²) in [6.07, 6.45) is 2.72. The van der Waals surface area contributed by atoms with Gasteiger partial charge in [-0.15, -0.1) is 12.4 Å². The van der Waals surface area contributed by atoms with Crippen molar-refractivity contribution in [2.45, 2.75) is 44.8 Å². The molecule has 4 heteroatoms. The van der Waals surface area contributed by atoms with Crippen LogP contribution >= 0.6 is 12.4 Å². The summed E-state index contributed by atoms with van der Waals surface area (Å²) < 4.78 is 0. The van der Waals surface area contributed by atoms with Gasteiger partial charge >= 0.3 is 0 Å². The topological polar surface area (TPSA) is 27.3 Å². The van der Waals surface area contributed by atoms with Gasteiger partial charge in [0.05, 0.1) is 0 Å². The van der Waals surface area contributed by atoms with Gasteiger partial charge < -0.3 is 10.6 Å². The molecule has 0 amide bonds. The fraction of sp³-hybridized carbons (Fsp3) is 1.00. The summed E-state index contributed by atoms with van der Waals surface area (Å²) in [5.74, 6) is 0. The molecule has 15 heavy (non-hydrogen) atoms. The monoisotopic (exact) mass is 233 g/mol. The Morgan fingerprint density at radius 2 is 1.67 bits per heavy atom. The Kier molecular flexibility index (Phi) is 5.33. The highest BCUT2D eigenvalue weighted by molar-refractivity contribution is 5.85. The van der Waals surface area contributed by atoms with Crippen molar-refractivity contribution < 1.29 is 0 Å². The summed E-state index contributed by atoms with van der Waals surface area (Å²) in [6.45, 7) is 9.40. The first kappa shape index (κ1) is 13.2. The van der Waals surface area contributed by atoms with Crippen LogP contribution in [0, 0.1) is 0 Å². The van der Waals surface area contributed by atoms with Gasteiger partial charge in [-0.3, -0.25) is 4.90 Å². The van der Waals surface area contributed by atoms with Crippen molar-refractivity contribution in [3.8, 4) is 0 Å². The average molecular weight is 234 g/mol. The van der Waals surface area contributed by atoms with Crippen molar-refractivity contribution in [2.75, 3.05) is 26.2 Å². The van der Waals surface area contributed by atoms with Crippen LogP contribution in [0.4, 0.5) is 0 Å². The smallest absolute Gasteiger partial charge is 0.0227 e. The molecule has 2 saturated heterocycles. The molecule has 0 aromatic carbocycles. The highest BCUT2D eigenvalue weighted by Crippen LogP contribution is 2.18. The van der Waals surface area contributed by atoms with Crippen LogP contribution in [0.2, 0.25) is 0 Å². The van der Waals surface area contributed by atoms with Crippen LogP contribution in [-0.4, -0.2) is 49.2 Å². The molecule has 3 atom stereocenters. The molecule has 0 radical (unpaired) electrons. The van der Waals surface area contributed by atoms with Crippen LogP contribution in [0.5, 0.6) is 0 Å². The van der Waals surface area contributed by atoms with Gasteiger partial charge in [-0.2, -0.15) is 0 Å². The molecular weight excluding hydrogens is 210 g/mol. The Morgan fingerprint density at radius 3 is 2.20 bits per heavy atom. The second-order valence-corrected chi connectivity index (χ2v) is 4.80. The van der Waals surface area contributed by atoms with Crippen molar-refractivity contribution in [3.63, 3.8) is 0 Å². The maximum Gasteiger partial charge on any atom is 0.0227 e. The highest BCUT2D eigenvalue weighted by atomic mass is 35.5. The quantitative estimate of drug-likeness (QED) is 0.703. The third-order valence-corrected chi connectivity index (χ3v) is 3.59. The zero-order valence-electron chi connectivity index (χ0n) is 9.83. The molecule has 0 aromatic rings. The van der Waals surface area contributed by atoms with Crippen molar-refractivity contribution in [2.24, 2.45) is 0 Å². The average Bonchev–Trinajstić information content (AvgIpc) is 2.19. The molecule has 0 aliphatic carbocycles. The van der Waals surface area contributed by atoms with Crippen molar-refractivity contribution in [1.82, 2.24) is 15.5 Å². The Morgan fingerprint density at radius 1 is 1.00 bits per heavy atom. The summed E-state index contributed by atoms with van der Waals surface area (Å²) in [6, 6.07) is 2.17. The van der Waals surface area contributed by atoms with Gasteiger partial charge in [-0.05, 0) is 33.2 Å². The predicted octanol–water partition coefficient (Wildman–Crippen LogP) is 0.842. The summed E-state index contributed by atoms with van der Waals surface area (Å²) in [7, 11) is 0. The van der Waals surface area contributed by atoms with E-state index in [0.29, 0.717) is 12.1 Å². The fourth-order valence-electron chi connectivity index (χ4n) is 2.95. The Hall–Kier alpha value is 0.170. The zero-order valence-corrected chi connectivity index (χ0v) is 10.6. The number of halogens is 1. The first-order valence-corrected chi connectivity index (χ1v) is 5.98. The van der Waals surface area contributed by atoms with Gasteiger partial charge in [0.15, 0.2) is 0 Å². The summed E-state index contributed by atoms with van der Waals surface area (Å²) >= 11 is 0. The van der Waals surface area contributed by atoms with E-state index in [9.17, 15) is 0 Å². The van der Waals surface area contributed by atoms with Crippen LogP contribution in [0.1, 0.15) is 26.7 Å². The Balaban J connectivity index is 0.00000112. The molecular formula is C11H24ClN3. The normalized spacial score (nSPS) is 38.4. The van der Waals surface area contributed by atoms with E-state index in [2.05, 4.69) is 29.4 Å². The lowest BCUT2D eigenvalue weighted by Crippen LogP contribution is -2.61. The molecule has 0 saturated carbocycles. The Bertz CT molecular complexity index is 173. The first-order chi connectivity index (χ1) is 6.79. The second kappa shape index (κ2) is 6.04. The maximum absolute atomic E-state index is 3.51. The molecule has 2 fully saturated rings. The highest BCUT2D eigenvalue weighted by Gasteiger charge is 2.31. The van der Waals surface area contributed by atoms with E-state index in [1.54, 1.807) is 0 Å². The van der Waals surface area contributed by atoms with Crippen LogP contribution in [0.3, 0.4) is 0 Å². The van der Waals surface area contributed by atoms with E-state index in [1.165, 1.54) is 25.9 Å². The number of rotatable bonds is 1. The predicted molar refractivity (Wildman–Crippen MR) is 66.8 cm³/mol. The molecule has 0 spiro atoms. The number of piperazine rings is 1. The molecule has 0 bridgehead atoms. The number of hydrogen-bond acceptors (Lipinski definition) is 3. The minimum absolute atomic E-state index is 0. The van der Waals surface area contributed by atoms with Gasteiger partial charge in [0.1, 0.15) is 0 Å². The summed E-state index contributed by atoms with van der Waals surface area (Å²) in [5.41, 5.74) is 0. The largest absolute Gasteiger partial charge is 0.315 e. The Labute approximate surface area is 99.4 Å². The molecule has 2 aliphatic heterocycles. The minimum atomic E-state index is 0. The lowest BCUT2D eigenvalue weighted by molar-refractivity contribution is 0.0539. The second-order valence-electron chi connectivity index (χ2n) is 4.80. The number of hydrogen-bond donors (Lipinski definition) is 2. The standard InChI is InChI=1S/C11H23N3.ClH/c1-9-6-13-7-10(2)14(9)11-4-3-5-12-8-11;/h9-13H,3-8H2,1-2H3;1H. The molecule has 2 N–H and O–H groups in total. The van der Waals surface area contributed by atoms with Crippen LogP contribution in [-0.2, 0) is 0 Å². The van der Waals surface area contributed by atoms with Crippen molar-refractivity contribution in [1.29, 1.82) is 0 Å². The third kappa shape index (κ3) is 3.06. The third-order valence-electron chi connectivity index (χ3n) is 3.59. The van der Waals surface area contributed by atoms with Crippen molar-refractivity contribution >= 4 is 12.4 Å². The van der Waals surface area contributed by atoms with E-state index in [-0.39, 0.29) is 12.4 Å². The lowest BCUT2D eigenvalue weighted by Gasteiger charge is -2.46. The van der Waals surface area contributed by atoms with E-state index in [0.717, 1.165) is 19.1 Å². The number of nitrogens with one attached hydrogen (secondary N) is 2. The number of nitrogens with zero attached hydrogens (tertiary/aromatic N) is 1.